The normalized spacial score (nSPS) is 22.3. The Morgan fingerprint density at radius 2 is 1.94 bits per heavy atom. The summed E-state index contributed by atoms with van der Waals surface area (Å²) < 4.78 is 16.5. The molecule has 3 heterocycles. The molecule has 7 nitrogen and oxygen atoms in total. The number of hydrogen-bond donors (Lipinski definition) is 1. The van der Waals surface area contributed by atoms with Crippen LogP contribution in [0.4, 0.5) is 0 Å². The smallest absolute Gasteiger partial charge is 0.342 e. The number of phenols is 1. The van der Waals surface area contributed by atoms with Gasteiger partial charge in [-0.15, -0.1) is 0 Å². The molecule has 0 unspecified atom stereocenters. The zero-order valence-electron chi connectivity index (χ0n) is 18.0. The first kappa shape index (κ1) is 21.9. The number of ether oxygens (including phenoxy) is 2. The fraction of sp³-hybridized carbons (Fsp3) is 0.400. The van der Waals surface area contributed by atoms with Gasteiger partial charge < -0.3 is 19.0 Å². The van der Waals surface area contributed by atoms with Crippen molar-refractivity contribution in [2.24, 2.45) is 0 Å². The standard InChI is InChI=1S/C25H26O7/c1-15-7-5-10-17(26)9-4-2-3-8-16-13-20-23(24(28)22(16)25(29)31-15)18(14-21(27)32-20)19-11-6-12-30-19/h3,6,8,11-13,15,18,28H,2,4-5,7,9-10,14H2,1H3/t15-,18+/m1/s1. The van der Waals surface area contributed by atoms with Crippen molar-refractivity contribution in [2.45, 2.75) is 63.9 Å². The second-order valence-corrected chi connectivity index (χ2v) is 8.29. The van der Waals surface area contributed by atoms with E-state index < -0.39 is 24.0 Å². The van der Waals surface area contributed by atoms with Gasteiger partial charge in [0.2, 0.25) is 0 Å². The lowest BCUT2D eigenvalue weighted by Gasteiger charge is -2.26. The third kappa shape index (κ3) is 4.61. The van der Waals surface area contributed by atoms with Crippen LogP contribution in [0.15, 0.2) is 35.0 Å². The molecule has 0 bridgehead atoms. The predicted octanol–water partition coefficient (Wildman–Crippen LogP) is 4.91. The molecule has 0 fully saturated rings. The van der Waals surface area contributed by atoms with E-state index in [1.165, 1.54) is 6.26 Å². The minimum Gasteiger partial charge on any atom is -0.507 e. The van der Waals surface area contributed by atoms with Gasteiger partial charge in [-0.3, -0.25) is 9.59 Å². The van der Waals surface area contributed by atoms with Crippen LogP contribution < -0.4 is 4.74 Å². The summed E-state index contributed by atoms with van der Waals surface area (Å²) in [6.07, 6.45) is 8.13. The number of benzene rings is 1. The largest absolute Gasteiger partial charge is 0.507 e. The van der Waals surface area contributed by atoms with E-state index in [2.05, 4.69) is 0 Å². The van der Waals surface area contributed by atoms with Crippen molar-refractivity contribution in [1.82, 2.24) is 0 Å². The molecule has 0 amide bonds. The Balaban J connectivity index is 1.79. The maximum atomic E-state index is 13.1. The number of esters is 2. The van der Waals surface area contributed by atoms with Crippen LogP contribution >= 0.6 is 0 Å². The monoisotopic (exact) mass is 438 g/mol. The Labute approximate surface area is 186 Å². The molecule has 2 aliphatic rings. The van der Waals surface area contributed by atoms with E-state index in [-0.39, 0.29) is 29.3 Å². The molecule has 32 heavy (non-hydrogen) atoms. The van der Waals surface area contributed by atoms with Crippen LogP contribution in [0.25, 0.3) is 6.08 Å². The van der Waals surface area contributed by atoms with E-state index in [0.717, 1.165) is 0 Å². The number of carbonyl (C=O) groups is 3. The lowest BCUT2D eigenvalue weighted by Crippen LogP contribution is -2.23. The number of rotatable bonds is 1. The van der Waals surface area contributed by atoms with Gasteiger partial charge in [0.25, 0.3) is 0 Å². The molecule has 2 aliphatic heterocycles. The molecular weight excluding hydrogens is 412 g/mol. The zero-order valence-corrected chi connectivity index (χ0v) is 18.0. The number of cyclic esters (lactones) is 1. The van der Waals surface area contributed by atoms with Gasteiger partial charge in [-0.25, -0.2) is 4.79 Å². The highest BCUT2D eigenvalue weighted by atomic mass is 16.5. The van der Waals surface area contributed by atoms with Gasteiger partial charge >= 0.3 is 11.9 Å². The molecule has 0 saturated carbocycles. The number of fused-ring (bicyclic) bond motifs is 2. The summed E-state index contributed by atoms with van der Waals surface area (Å²) in [6.45, 7) is 1.77. The molecule has 1 aromatic carbocycles. The summed E-state index contributed by atoms with van der Waals surface area (Å²) >= 11 is 0. The van der Waals surface area contributed by atoms with E-state index in [0.29, 0.717) is 55.4 Å². The summed E-state index contributed by atoms with van der Waals surface area (Å²) in [4.78, 5) is 37.3. The van der Waals surface area contributed by atoms with Gasteiger partial charge in [0.1, 0.15) is 28.6 Å². The third-order valence-corrected chi connectivity index (χ3v) is 5.86. The van der Waals surface area contributed by atoms with Crippen molar-refractivity contribution in [3.8, 4) is 11.5 Å². The Bertz CT molecular complexity index is 1050. The second-order valence-electron chi connectivity index (χ2n) is 8.29. The molecule has 1 aromatic heterocycles. The number of allylic oxidation sites excluding steroid dienone is 1. The van der Waals surface area contributed by atoms with Gasteiger partial charge in [-0.05, 0) is 56.4 Å². The SMILES string of the molecule is C[C@@H]1CCCC(=O)CCCC=Cc2cc3c(c(O)c2C(=O)O1)[C@H](c1ccco1)CC(=O)O3. The molecule has 0 spiro atoms. The van der Waals surface area contributed by atoms with E-state index in [1.54, 1.807) is 31.2 Å². The molecule has 2 atom stereocenters. The molecule has 2 aromatic rings. The average molecular weight is 438 g/mol. The highest BCUT2D eigenvalue weighted by Gasteiger charge is 2.36. The molecule has 7 heteroatoms. The first-order valence-corrected chi connectivity index (χ1v) is 11.0. The predicted molar refractivity (Wildman–Crippen MR) is 116 cm³/mol. The van der Waals surface area contributed by atoms with Crippen LogP contribution in [0.5, 0.6) is 11.5 Å². The number of hydrogen-bond acceptors (Lipinski definition) is 7. The summed E-state index contributed by atoms with van der Waals surface area (Å²) in [5.74, 6) is -1.04. The van der Waals surface area contributed by atoms with E-state index in [9.17, 15) is 19.5 Å². The molecule has 168 valence electrons. The number of furan rings is 1. The summed E-state index contributed by atoms with van der Waals surface area (Å²) in [7, 11) is 0. The molecule has 0 saturated heterocycles. The van der Waals surface area contributed by atoms with Crippen molar-refractivity contribution in [3.63, 3.8) is 0 Å². The Morgan fingerprint density at radius 3 is 2.72 bits per heavy atom. The van der Waals surface area contributed by atoms with Crippen LogP contribution in [-0.2, 0) is 14.3 Å². The minimum absolute atomic E-state index is 0.0117. The number of carbonyl (C=O) groups excluding carboxylic acids is 3. The first-order valence-electron chi connectivity index (χ1n) is 11.0. The van der Waals surface area contributed by atoms with Gasteiger partial charge in [0.05, 0.1) is 24.7 Å². The van der Waals surface area contributed by atoms with Crippen LogP contribution in [-0.4, -0.2) is 28.9 Å². The van der Waals surface area contributed by atoms with Crippen LogP contribution in [0.1, 0.15) is 85.0 Å². The van der Waals surface area contributed by atoms with Crippen molar-refractivity contribution in [1.29, 1.82) is 0 Å². The number of phenolic OH excluding ortho intramolecular Hbond substituents is 1. The maximum Gasteiger partial charge on any atom is 0.342 e. The zero-order chi connectivity index (χ0) is 22.7. The number of aromatic hydroxyl groups is 1. The lowest BCUT2D eigenvalue weighted by atomic mass is 9.86. The van der Waals surface area contributed by atoms with E-state index >= 15 is 0 Å². The Morgan fingerprint density at radius 1 is 1.12 bits per heavy atom. The van der Waals surface area contributed by atoms with E-state index in [1.807, 2.05) is 6.08 Å². The highest BCUT2D eigenvalue weighted by molar-refractivity contribution is 5.98. The molecule has 4 rings (SSSR count). The Kier molecular flexibility index (Phi) is 6.44. The van der Waals surface area contributed by atoms with Crippen LogP contribution in [0.3, 0.4) is 0 Å². The topological polar surface area (TPSA) is 103 Å². The molecule has 0 aliphatic carbocycles. The Hall–Kier alpha value is -3.35. The van der Waals surface area contributed by atoms with Gasteiger partial charge in [-0.1, -0.05) is 12.2 Å². The number of ketones is 1. The van der Waals surface area contributed by atoms with Crippen LogP contribution in [0, 0.1) is 0 Å². The van der Waals surface area contributed by atoms with Crippen molar-refractivity contribution >= 4 is 23.8 Å². The van der Waals surface area contributed by atoms with Crippen LogP contribution in [0.2, 0.25) is 0 Å². The highest BCUT2D eigenvalue weighted by Crippen LogP contribution is 2.47. The third-order valence-electron chi connectivity index (χ3n) is 5.86. The fourth-order valence-corrected chi connectivity index (χ4v) is 4.25. The first-order chi connectivity index (χ1) is 15.4. The average Bonchev–Trinajstić information content (AvgIpc) is 3.27. The van der Waals surface area contributed by atoms with Gasteiger partial charge in [0.15, 0.2) is 0 Å². The van der Waals surface area contributed by atoms with Crippen molar-refractivity contribution in [3.05, 3.63) is 53.0 Å². The lowest BCUT2D eigenvalue weighted by molar-refractivity contribution is -0.135. The fourth-order valence-electron chi connectivity index (χ4n) is 4.25. The quantitative estimate of drug-likeness (QED) is 0.498. The van der Waals surface area contributed by atoms with Gasteiger partial charge in [0, 0.05) is 18.4 Å². The second kappa shape index (κ2) is 9.42. The van der Waals surface area contributed by atoms with Gasteiger partial charge in [-0.2, -0.15) is 0 Å². The maximum absolute atomic E-state index is 13.1. The molecular formula is C25H26O7. The molecule has 0 radical (unpaired) electrons. The molecule has 1 N–H and O–H groups in total. The summed E-state index contributed by atoms with van der Waals surface area (Å²) in [5, 5.41) is 11.2. The minimum atomic E-state index is -0.657. The number of Topliss-reactive ketones (excluding diaryl/α,β-unsaturated/α-hetero) is 1. The van der Waals surface area contributed by atoms with Crippen molar-refractivity contribution < 1.29 is 33.4 Å². The summed E-state index contributed by atoms with van der Waals surface area (Å²) in [6, 6.07) is 5.01. The van der Waals surface area contributed by atoms with E-state index in [4.69, 9.17) is 13.9 Å². The van der Waals surface area contributed by atoms with Crippen molar-refractivity contribution in [2.75, 3.05) is 0 Å². The summed E-state index contributed by atoms with van der Waals surface area (Å²) in [5.41, 5.74) is 0.771.